The number of hydrogen-bond acceptors (Lipinski definition) is 3. The monoisotopic (exact) mass is 303 g/mol. The molecule has 92 valence electrons. The van der Waals surface area contributed by atoms with Gasteiger partial charge in [0.25, 0.3) is 0 Å². The molecule has 0 aromatic heterocycles. The third-order valence-corrected chi connectivity index (χ3v) is 2.60. The van der Waals surface area contributed by atoms with Crippen LogP contribution in [0.4, 0.5) is 10.1 Å². The number of carbonyl (C=O) groups excluding carboxylic acids is 2. The molecule has 1 rings (SSSR count). The Morgan fingerprint density at radius 1 is 1.47 bits per heavy atom. The van der Waals surface area contributed by atoms with Crippen molar-refractivity contribution in [2.45, 2.75) is 12.5 Å². The zero-order chi connectivity index (χ0) is 13.0. The number of halogens is 2. The van der Waals surface area contributed by atoms with E-state index < -0.39 is 23.7 Å². The maximum Gasteiger partial charge on any atom is 0.241 e. The van der Waals surface area contributed by atoms with Crippen molar-refractivity contribution in [2.75, 3.05) is 5.32 Å². The van der Waals surface area contributed by atoms with Gasteiger partial charge in [0.1, 0.15) is 5.82 Å². The standard InChI is InChI=1S/C10H11BrFN3O2/c11-6-3-5(12)1-2-8(6)15-10(17)7(13)4-9(14)16/h1-3,7H,4,13H2,(H2,14,16)(H,15,17). The van der Waals surface area contributed by atoms with Crippen LogP contribution in [0.2, 0.25) is 0 Å². The Hall–Kier alpha value is -1.47. The summed E-state index contributed by atoms with van der Waals surface area (Å²) in [5.41, 5.74) is 10.7. The molecule has 1 aromatic rings. The van der Waals surface area contributed by atoms with Crippen LogP contribution < -0.4 is 16.8 Å². The van der Waals surface area contributed by atoms with Crippen LogP contribution in [0.1, 0.15) is 6.42 Å². The average Bonchev–Trinajstić information content (AvgIpc) is 2.21. The average molecular weight is 304 g/mol. The van der Waals surface area contributed by atoms with Crippen molar-refractivity contribution in [2.24, 2.45) is 11.5 Å². The zero-order valence-corrected chi connectivity index (χ0v) is 10.3. The highest BCUT2D eigenvalue weighted by Crippen LogP contribution is 2.23. The zero-order valence-electron chi connectivity index (χ0n) is 8.74. The smallest absolute Gasteiger partial charge is 0.241 e. The largest absolute Gasteiger partial charge is 0.370 e. The Balaban J connectivity index is 2.71. The highest BCUT2D eigenvalue weighted by Gasteiger charge is 2.16. The van der Waals surface area contributed by atoms with Crippen LogP contribution in [-0.4, -0.2) is 17.9 Å². The molecule has 0 aliphatic carbocycles. The van der Waals surface area contributed by atoms with Gasteiger partial charge in [0, 0.05) is 4.47 Å². The summed E-state index contributed by atoms with van der Waals surface area (Å²) in [5, 5.41) is 2.46. The van der Waals surface area contributed by atoms with Gasteiger partial charge in [0.05, 0.1) is 18.2 Å². The second-order valence-electron chi connectivity index (χ2n) is 3.39. The van der Waals surface area contributed by atoms with E-state index in [1.54, 1.807) is 0 Å². The Labute approximate surface area is 105 Å². The Kier molecular flexibility index (Phi) is 4.59. The minimum Gasteiger partial charge on any atom is -0.370 e. The molecular formula is C10H11BrFN3O2. The Bertz CT molecular complexity index is 453. The van der Waals surface area contributed by atoms with Gasteiger partial charge in [-0.15, -0.1) is 0 Å². The molecule has 7 heteroatoms. The molecule has 0 bridgehead atoms. The first-order valence-electron chi connectivity index (χ1n) is 4.70. The lowest BCUT2D eigenvalue weighted by atomic mass is 10.2. The summed E-state index contributed by atoms with van der Waals surface area (Å²) in [6.07, 6.45) is -0.245. The van der Waals surface area contributed by atoms with E-state index in [4.69, 9.17) is 11.5 Å². The fourth-order valence-corrected chi connectivity index (χ4v) is 1.58. The van der Waals surface area contributed by atoms with Crippen LogP contribution in [-0.2, 0) is 9.59 Å². The topological polar surface area (TPSA) is 98.2 Å². The molecule has 0 saturated heterocycles. The van der Waals surface area contributed by atoms with Crippen LogP contribution in [0, 0.1) is 5.82 Å². The summed E-state index contributed by atoms with van der Waals surface area (Å²) in [4.78, 5) is 22.1. The Morgan fingerprint density at radius 2 is 2.12 bits per heavy atom. The number of rotatable bonds is 4. The van der Waals surface area contributed by atoms with E-state index >= 15 is 0 Å². The summed E-state index contributed by atoms with van der Waals surface area (Å²) in [5.74, 6) is -1.65. The Morgan fingerprint density at radius 3 is 2.65 bits per heavy atom. The van der Waals surface area contributed by atoms with E-state index in [1.807, 2.05) is 0 Å². The molecule has 0 radical (unpaired) electrons. The van der Waals surface area contributed by atoms with E-state index in [9.17, 15) is 14.0 Å². The van der Waals surface area contributed by atoms with Gasteiger partial charge in [-0.2, -0.15) is 0 Å². The summed E-state index contributed by atoms with van der Waals surface area (Å²) in [6, 6.07) is 2.76. The molecule has 1 aromatic carbocycles. The van der Waals surface area contributed by atoms with Gasteiger partial charge >= 0.3 is 0 Å². The van der Waals surface area contributed by atoms with E-state index in [1.165, 1.54) is 18.2 Å². The van der Waals surface area contributed by atoms with Gasteiger partial charge in [-0.3, -0.25) is 9.59 Å². The number of amides is 2. The maximum absolute atomic E-state index is 12.8. The first-order valence-corrected chi connectivity index (χ1v) is 5.49. The quantitative estimate of drug-likeness (QED) is 0.764. The van der Waals surface area contributed by atoms with Crippen molar-refractivity contribution < 1.29 is 14.0 Å². The van der Waals surface area contributed by atoms with Gasteiger partial charge in [0.15, 0.2) is 0 Å². The van der Waals surface area contributed by atoms with Crippen LogP contribution in [0.25, 0.3) is 0 Å². The normalized spacial score (nSPS) is 11.9. The van der Waals surface area contributed by atoms with E-state index in [-0.39, 0.29) is 6.42 Å². The molecule has 0 fully saturated rings. The molecule has 0 spiro atoms. The van der Waals surface area contributed by atoms with Crippen molar-refractivity contribution in [1.29, 1.82) is 0 Å². The number of primary amides is 1. The van der Waals surface area contributed by atoms with Crippen molar-refractivity contribution >= 4 is 33.4 Å². The van der Waals surface area contributed by atoms with Gasteiger partial charge in [0.2, 0.25) is 11.8 Å². The fourth-order valence-electron chi connectivity index (χ4n) is 1.13. The fraction of sp³-hybridized carbons (Fsp3) is 0.200. The highest BCUT2D eigenvalue weighted by atomic mass is 79.9. The molecule has 17 heavy (non-hydrogen) atoms. The van der Waals surface area contributed by atoms with Crippen molar-refractivity contribution in [3.8, 4) is 0 Å². The second-order valence-corrected chi connectivity index (χ2v) is 4.24. The number of benzene rings is 1. The molecule has 0 aliphatic heterocycles. The van der Waals surface area contributed by atoms with Crippen molar-refractivity contribution in [1.82, 2.24) is 0 Å². The predicted molar refractivity (Wildman–Crippen MR) is 64.5 cm³/mol. The maximum atomic E-state index is 12.8. The first kappa shape index (κ1) is 13.6. The van der Waals surface area contributed by atoms with E-state index in [0.717, 1.165) is 0 Å². The summed E-state index contributed by atoms with van der Waals surface area (Å²) < 4.78 is 13.2. The number of nitrogens with one attached hydrogen (secondary N) is 1. The number of nitrogens with two attached hydrogens (primary N) is 2. The molecule has 0 aliphatic rings. The third kappa shape index (κ3) is 4.12. The minimum absolute atomic E-state index is 0.245. The van der Waals surface area contributed by atoms with Crippen LogP contribution in [0.5, 0.6) is 0 Å². The van der Waals surface area contributed by atoms with Gasteiger partial charge in [-0.25, -0.2) is 4.39 Å². The van der Waals surface area contributed by atoms with Gasteiger partial charge in [-0.1, -0.05) is 0 Å². The SMILES string of the molecule is NC(=O)CC(N)C(=O)Nc1ccc(F)cc1Br. The van der Waals surface area contributed by atoms with E-state index in [2.05, 4.69) is 21.2 Å². The lowest BCUT2D eigenvalue weighted by Gasteiger charge is -2.11. The predicted octanol–water partition coefficient (Wildman–Crippen LogP) is 0.729. The van der Waals surface area contributed by atoms with Crippen LogP contribution in [0.15, 0.2) is 22.7 Å². The molecule has 5 nitrogen and oxygen atoms in total. The first-order chi connectivity index (χ1) is 7.90. The number of anilines is 1. The third-order valence-electron chi connectivity index (χ3n) is 1.95. The minimum atomic E-state index is -1.02. The molecule has 0 saturated carbocycles. The number of carbonyl (C=O) groups is 2. The van der Waals surface area contributed by atoms with Gasteiger partial charge < -0.3 is 16.8 Å². The van der Waals surface area contributed by atoms with Crippen LogP contribution >= 0.6 is 15.9 Å². The second kappa shape index (κ2) is 5.74. The van der Waals surface area contributed by atoms with Crippen LogP contribution in [0.3, 0.4) is 0 Å². The summed E-state index contributed by atoms with van der Waals surface area (Å²) in [7, 11) is 0. The van der Waals surface area contributed by atoms with Crippen molar-refractivity contribution in [3.05, 3.63) is 28.5 Å². The lowest BCUT2D eigenvalue weighted by Crippen LogP contribution is -2.39. The molecular weight excluding hydrogens is 293 g/mol. The lowest BCUT2D eigenvalue weighted by molar-refractivity contribution is -0.123. The molecule has 5 N–H and O–H groups in total. The molecule has 0 heterocycles. The summed E-state index contributed by atoms with van der Waals surface area (Å²) >= 11 is 3.09. The highest BCUT2D eigenvalue weighted by molar-refractivity contribution is 9.10. The number of hydrogen-bond donors (Lipinski definition) is 3. The molecule has 1 unspecified atom stereocenters. The van der Waals surface area contributed by atoms with E-state index in [0.29, 0.717) is 10.2 Å². The molecule has 1 atom stereocenters. The van der Waals surface area contributed by atoms with Crippen molar-refractivity contribution in [3.63, 3.8) is 0 Å². The molecule has 2 amide bonds. The van der Waals surface area contributed by atoms with Gasteiger partial charge in [-0.05, 0) is 34.1 Å². The summed E-state index contributed by atoms with van der Waals surface area (Å²) in [6.45, 7) is 0.